The number of rotatable bonds is 6. The molecule has 2 rings (SSSR count). The lowest BCUT2D eigenvalue weighted by atomic mass is 9.85. The third-order valence-electron chi connectivity index (χ3n) is 4.42. The molecule has 0 aromatic rings. The topological polar surface area (TPSA) is 52.6 Å². The molecule has 0 radical (unpaired) electrons. The molecule has 0 spiro atoms. The van der Waals surface area contributed by atoms with Gasteiger partial charge in [-0.25, -0.2) is 0 Å². The fraction of sp³-hybridized carbons (Fsp3) is 0.929. The number of piperidine rings is 1. The van der Waals surface area contributed by atoms with Gasteiger partial charge < -0.3 is 10.4 Å². The summed E-state index contributed by atoms with van der Waals surface area (Å²) in [7, 11) is 0. The summed E-state index contributed by atoms with van der Waals surface area (Å²) in [4.78, 5) is 13.3. The molecule has 1 aliphatic carbocycles. The van der Waals surface area contributed by atoms with Crippen LogP contribution in [0.15, 0.2) is 0 Å². The van der Waals surface area contributed by atoms with Gasteiger partial charge in [0.1, 0.15) is 0 Å². The Bertz CT molecular complexity index is 279. The van der Waals surface area contributed by atoms with E-state index in [1.807, 2.05) is 0 Å². The first kappa shape index (κ1) is 13.8. The van der Waals surface area contributed by atoms with Crippen LogP contribution in [-0.2, 0) is 4.79 Å². The van der Waals surface area contributed by atoms with Gasteiger partial charge in [0.05, 0.1) is 0 Å². The minimum atomic E-state index is -0.657. The van der Waals surface area contributed by atoms with Gasteiger partial charge in [0.2, 0.25) is 0 Å². The van der Waals surface area contributed by atoms with Crippen LogP contribution in [0.1, 0.15) is 45.4 Å². The van der Waals surface area contributed by atoms with E-state index in [1.165, 1.54) is 19.3 Å². The Morgan fingerprint density at radius 3 is 2.72 bits per heavy atom. The first-order valence-corrected chi connectivity index (χ1v) is 7.38. The number of likely N-dealkylation sites (tertiary alicyclic amines) is 1. The van der Waals surface area contributed by atoms with Crippen molar-refractivity contribution in [2.75, 3.05) is 19.6 Å². The summed E-state index contributed by atoms with van der Waals surface area (Å²) in [6.45, 7) is 5.42. The van der Waals surface area contributed by atoms with E-state index in [2.05, 4.69) is 17.1 Å². The minimum absolute atomic E-state index is 0.321. The maximum absolute atomic E-state index is 10.7. The maximum Gasteiger partial charge on any atom is 0.303 e. The second kappa shape index (κ2) is 6.53. The van der Waals surface area contributed by atoms with E-state index in [0.29, 0.717) is 18.4 Å². The van der Waals surface area contributed by atoms with Gasteiger partial charge in [-0.15, -0.1) is 0 Å². The first-order valence-electron chi connectivity index (χ1n) is 7.38. The Kier molecular flexibility index (Phi) is 5.01. The van der Waals surface area contributed by atoms with Crippen molar-refractivity contribution in [1.82, 2.24) is 10.2 Å². The average molecular weight is 254 g/mol. The van der Waals surface area contributed by atoms with Gasteiger partial charge in [-0.05, 0) is 38.1 Å². The third-order valence-corrected chi connectivity index (χ3v) is 4.42. The van der Waals surface area contributed by atoms with Crippen molar-refractivity contribution in [1.29, 1.82) is 0 Å². The van der Waals surface area contributed by atoms with Gasteiger partial charge >= 0.3 is 5.97 Å². The van der Waals surface area contributed by atoms with Crippen LogP contribution in [-0.4, -0.2) is 47.7 Å². The Hall–Kier alpha value is -0.610. The van der Waals surface area contributed by atoms with Gasteiger partial charge in [-0.3, -0.25) is 9.69 Å². The molecule has 18 heavy (non-hydrogen) atoms. The van der Waals surface area contributed by atoms with E-state index in [0.717, 1.165) is 38.5 Å². The summed E-state index contributed by atoms with van der Waals surface area (Å²) >= 11 is 0. The van der Waals surface area contributed by atoms with Crippen LogP contribution in [0.3, 0.4) is 0 Å². The number of nitrogens with one attached hydrogen (secondary N) is 1. The lowest BCUT2D eigenvalue weighted by molar-refractivity contribution is -0.137. The molecule has 104 valence electrons. The molecule has 1 heterocycles. The fourth-order valence-electron chi connectivity index (χ4n) is 3.26. The zero-order valence-electron chi connectivity index (χ0n) is 11.4. The van der Waals surface area contributed by atoms with Crippen molar-refractivity contribution in [2.24, 2.45) is 5.92 Å². The highest BCUT2D eigenvalue weighted by Gasteiger charge is 2.33. The van der Waals surface area contributed by atoms with Gasteiger partial charge in [0.25, 0.3) is 0 Å². The van der Waals surface area contributed by atoms with Gasteiger partial charge in [0, 0.05) is 31.6 Å². The Labute approximate surface area is 110 Å². The average Bonchev–Trinajstić information content (AvgIpc) is 2.24. The summed E-state index contributed by atoms with van der Waals surface area (Å²) in [5, 5.41) is 12.4. The maximum atomic E-state index is 10.7. The molecule has 2 atom stereocenters. The van der Waals surface area contributed by atoms with Gasteiger partial charge in [-0.2, -0.15) is 0 Å². The molecule has 2 aliphatic rings. The van der Waals surface area contributed by atoms with Crippen molar-refractivity contribution in [3.05, 3.63) is 0 Å². The van der Waals surface area contributed by atoms with Crippen LogP contribution in [0, 0.1) is 5.92 Å². The largest absolute Gasteiger partial charge is 0.481 e. The summed E-state index contributed by atoms with van der Waals surface area (Å²) in [6, 6.07) is 1.34. The molecule has 1 saturated heterocycles. The number of carbonyl (C=O) groups is 1. The summed E-state index contributed by atoms with van der Waals surface area (Å²) < 4.78 is 0. The second-order valence-corrected chi connectivity index (χ2v) is 5.83. The molecule has 0 aromatic carbocycles. The van der Waals surface area contributed by atoms with E-state index in [1.54, 1.807) is 0 Å². The molecule has 4 heteroatoms. The second-order valence-electron chi connectivity index (χ2n) is 5.83. The van der Waals surface area contributed by atoms with Crippen molar-refractivity contribution in [3.63, 3.8) is 0 Å². The molecule has 1 saturated carbocycles. The van der Waals surface area contributed by atoms with Crippen LogP contribution in [0.5, 0.6) is 0 Å². The molecule has 2 fully saturated rings. The molecule has 2 unspecified atom stereocenters. The molecule has 1 aliphatic heterocycles. The SMILES string of the molecule is CCNC1CC(CCC(=O)O)CN(C2CCC2)C1. The summed E-state index contributed by atoms with van der Waals surface area (Å²) in [5.74, 6) is -0.102. The summed E-state index contributed by atoms with van der Waals surface area (Å²) in [6.07, 6.45) is 6.34. The number of carboxylic acids is 1. The Morgan fingerprint density at radius 2 is 2.17 bits per heavy atom. The van der Waals surface area contributed by atoms with Crippen LogP contribution in [0.2, 0.25) is 0 Å². The van der Waals surface area contributed by atoms with Crippen LogP contribution in [0.4, 0.5) is 0 Å². The zero-order chi connectivity index (χ0) is 13.0. The minimum Gasteiger partial charge on any atom is -0.481 e. The molecule has 4 nitrogen and oxygen atoms in total. The lowest BCUT2D eigenvalue weighted by Gasteiger charge is -2.45. The predicted molar refractivity (Wildman–Crippen MR) is 71.7 cm³/mol. The van der Waals surface area contributed by atoms with Crippen LogP contribution >= 0.6 is 0 Å². The highest BCUT2D eigenvalue weighted by molar-refractivity contribution is 5.66. The van der Waals surface area contributed by atoms with E-state index < -0.39 is 5.97 Å². The summed E-state index contributed by atoms with van der Waals surface area (Å²) in [5.41, 5.74) is 0. The van der Waals surface area contributed by atoms with Gasteiger partial charge in [-0.1, -0.05) is 13.3 Å². The number of nitrogens with zero attached hydrogens (tertiary/aromatic N) is 1. The lowest BCUT2D eigenvalue weighted by Crippen LogP contribution is -2.54. The monoisotopic (exact) mass is 254 g/mol. The first-order chi connectivity index (χ1) is 8.69. The van der Waals surface area contributed by atoms with Crippen molar-refractivity contribution < 1.29 is 9.90 Å². The third kappa shape index (κ3) is 3.69. The Morgan fingerprint density at radius 1 is 1.39 bits per heavy atom. The fourth-order valence-corrected chi connectivity index (χ4v) is 3.26. The highest BCUT2D eigenvalue weighted by Crippen LogP contribution is 2.30. The standard InChI is InChI=1S/C14H26N2O2/c1-2-15-12-8-11(6-7-14(17)18)9-16(10-12)13-4-3-5-13/h11-13,15H,2-10H2,1H3,(H,17,18). The number of likely N-dealkylation sites (N-methyl/N-ethyl adjacent to an activating group) is 1. The van der Waals surface area contributed by atoms with Crippen molar-refractivity contribution in [2.45, 2.75) is 57.5 Å². The van der Waals surface area contributed by atoms with E-state index in [-0.39, 0.29) is 0 Å². The van der Waals surface area contributed by atoms with Gasteiger partial charge in [0.15, 0.2) is 0 Å². The van der Waals surface area contributed by atoms with Crippen LogP contribution < -0.4 is 5.32 Å². The molecule has 2 N–H and O–H groups in total. The highest BCUT2D eigenvalue weighted by atomic mass is 16.4. The Balaban J connectivity index is 1.86. The van der Waals surface area contributed by atoms with Crippen LogP contribution in [0.25, 0.3) is 0 Å². The predicted octanol–water partition coefficient (Wildman–Crippen LogP) is 1.70. The number of aliphatic carboxylic acids is 1. The number of hydrogen-bond acceptors (Lipinski definition) is 3. The molecule has 0 bridgehead atoms. The van der Waals surface area contributed by atoms with E-state index in [9.17, 15) is 4.79 Å². The van der Waals surface area contributed by atoms with Crippen molar-refractivity contribution >= 4 is 5.97 Å². The number of hydrogen-bond donors (Lipinski definition) is 2. The normalized spacial score (nSPS) is 30.1. The molecule has 0 aromatic heterocycles. The molecular formula is C14H26N2O2. The quantitative estimate of drug-likeness (QED) is 0.757. The molecular weight excluding hydrogens is 228 g/mol. The number of carboxylic acid groups (broad SMARTS) is 1. The van der Waals surface area contributed by atoms with Crippen molar-refractivity contribution in [3.8, 4) is 0 Å². The van der Waals surface area contributed by atoms with E-state index in [4.69, 9.17) is 5.11 Å². The smallest absolute Gasteiger partial charge is 0.303 e. The van der Waals surface area contributed by atoms with E-state index >= 15 is 0 Å². The zero-order valence-corrected chi connectivity index (χ0v) is 11.4. The molecule has 0 amide bonds.